The molecule has 132 valence electrons. The van der Waals surface area contributed by atoms with Crippen molar-refractivity contribution in [2.75, 3.05) is 0 Å². The zero-order chi connectivity index (χ0) is 18.4. The molecule has 2 aromatic heterocycles. The van der Waals surface area contributed by atoms with Gasteiger partial charge >= 0.3 is 11.9 Å². The highest BCUT2D eigenvalue weighted by Crippen LogP contribution is 2.34. The standard InChI is InChI=1S/C15H12F4N4OS/c1-7-11(9-3-5-10(16)6-4-9)12-20-13(21-14(24)23(12)22-7)25-8(2)15(17,18)19/h3-6,8H,1-2H3,(H,20,21,24). The van der Waals surface area contributed by atoms with Crippen LogP contribution >= 0.6 is 11.8 Å². The van der Waals surface area contributed by atoms with Crippen molar-refractivity contribution in [1.29, 1.82) is 0 Å². The summed E-state index contributed by atoms with van der Waals surface area (Å²) in [6.45, 7) is 2.62. The van der Waals surface area contributed by atoms with Crippen molar-refractivity contribution >= 4 is 17.4 Å². The van der Waals surface area contributed by atoms with Crippen molar-refractivity contribution in [1.82, 2.24) is 19.6 Å². The molecule has 0 spiro atoms. The summed E-state index contributed by atoms with van der Waals surface area (Å²) in [6, 6.07) is 5.47. The zero-order valence-corrected chi connectivity index (χ0v) is 13.9. The average Bonchev–Trinajstić information content (AvgIpc) is 2.84. The number of H-pyrrole nitrogens is 1. The lowest BCUT2D eigenvalue weighted by atomic mass is 10.1. The highest BCUT2D eigenvalue weighted by molar-refractivity contribution is 7.99. The Balaban J connectivity index is 2.14. The van der Waals surface area contributed by atoms with Crippen LogP contribution in [0.5, 0.6) is 0 Å². The summed E-state index contributed by atoms with van der Waals surface area (Å²) in [6.07, 6.45) is -4.43. The van der Waals surface area contributed by atoms with E-state index in [0.717, 1.165) is 11.4 Å². The van der Waals surface area contributed by atoms with E-state index in [0.29, 0.717) is 28.6 Å². The van der Waals surface area contributed by atoms with Crippen molar-refractivity contribution in [2.45, 2.75) is 30.4 Å². The lowest BCUT2D eigenvalue weighted by molar-refractivity contribution is -0.125. The maximum Gasteiger partial charge on any atom is 0.400 e. The number of aromatic nitrogens is 4. The van der Waals surface area contributed by atoms with Gasteiger partial charge in [0.25, 0.3) is 0 Å². The number of hydrogen-bond donors (Lipinski definition) is 1. The first-order chi connectivity index (χ1) is 11.7. The van der Waals surface area contributed by atoms with Crippen molar-refractivity contribution in [3.63, 3.8) is 0 Å². The number of thioether (sulfide) groups is 1. The van der Waals surface area contributed by atoms with E-state index in [1.807, 2.05) is 0 Å². The van der Waals surface area contributed by atoms with Gasteiger partial charge in [-0.3, -0.25) is 4.98 Å². The summed E-state index contributed by atoms with van der Waals surface area (Å²) >= 11 is 0.402. The highest BCUT2D eigenvalue weighted by Gasteiger charge is 2.37. The molecule has 0 saturated heterocycles. The van der Waals surface area contributed by atoms with E-state index in [1.54, 1.807) is 6.92 Å². The second kappa shape index (κ2) is 6.17. The van der Waals surface area contributed by atoms with Crippen molar-refractivity contribution in [3.05, 3.63) is 46.3 Å². The Hall–Kier alpha value is -2.36. The van der Waals surface area contributed by atoms with E-state index >= 15 is 0 Å². The van der Waals surface area contributed by atoms with Gasteiger partial charge in [0.05, 0.1) is 5.69 Å². The van der Waals surface area contributed by atoms with Crippen molar-refractivity contribution in [2.24, 2.45) is 0 Å². The molecule has 0 aliphatic heterocycles. The number of halogens is 4. The molecule has 1 unspecified atom stereocenters. The van der Waals surface area contributed by atoms with Gasteiger partial charge in [-0.1, -0.05) is 23.9 Å². The van der Waals surface area contributed by atoms with Crippen LogP contribution < -0.4 is 5.69 Å². The van der Waals surface area contributed by atoms with Gasteiger partial charge in [-0.05, 0) is 31.5 Å². The van der Waals surface area contributed by atoms with Crippen LogP contribution in [0.15, 0.2) is 34.2 Å². The van der Waals surface area contributed by atoms with Gasteiger partial charge in [0.2, 0.25) is 0 Å². The Morgan fingerprint density at radius 2 is 1.88 bits per heavy atom. The second-order valence-electron chi connectivity index (χ2n) is 5.35. The van der Waals surface area contributed by atoms with E-state index in [9.17, 15) is 22.4 Å². The highest BCUT2D eigenvalue weighted by atomic mass is 32.2. The Bertz CT molecular complexity index is 978. The van der Waals surface area contributed by atoms with Gasteiger partial charge in [-0.2, -0.15) is 22.8 Å². The van der Waals surface area contributed by atoms with Gasteiger partial charge in [0.1, 0.15) is 11.1 Å². The number of hydrogen-bond acceptors (Lipinski definition) is 4. The van der Waals surface area contributed by atoms with Crippen molar-refractivity contribution < 1.29 is 17.6 Å². The topological polar surface area (TPSA) is 63.1 Å². The fourth-order valence-corrected chi connectivity index (χ4v) is 3.03. The third-order valence-electron chi connectivity index (χ3n) is 3.53. The Labute approximate surface area is 143 Å². The lowest BCUT2D eigenvalue weighted by Crippen LogP contribution is -2.24. The first-order valence-electron chi connectivity index (χ1n) is 7.16. The third-order valence-corrected chi connectivity index (χ3v) is 4.57. The minimum absolute atomic E-state index is 0.115. The molecule has 0 amide bonds. The van der Waals surface area contributed by atoms with E-state index in [1.165, 1.54) is 24.3 Å². The predicted molar refractivity (Wildman–Crippen MR) is 85.1 cm³/mol. The first-order valence-corrected chi connectivity index (χ1v) is 8.03. The van der Waals surface area contributed by atoms with Crippen LogP contribution in [0.2, 0.25) is 0 Å². The molecule has 0 aliphatic rings. The number of nitrogens with zero attached hydrogens (tertiary/aromatic N) is 3. The van der Waals surface area contributed by atoms with Gasteiger partial charge in [0.15, 0.2) is 10.8 Å². The molecule has 25 heavy (non-hydrogen) atoms. The van der Waals surface area contributed by atoms with Crippen LogP contribution in [0.4, 0.5) is 17.6 Å². The molecule has 1 N–H and O–H groups in total. The molecule has 10 heteroatoms. The molecule has 0 radical (unpaired) electrons. The fraction of sp³-hybridized carbons (Fsp3) is 0.267. The Kier molecular flexibility index (Phi) is 4.31. The predicted octanol–water partition coefficient (Wildman–Crippen LogP) is 3.58. The fourth-order valence-electron chi connectivity index (χ4n) is 2.27. The van der Waals surface area contributed by atoms with Gasteiger partial charge in [-0.15, -0.1) is 0 Å². The molecular formula is C15H12F4N4OS. The quantitative estimate of drug-likeness (QED) is 0.564. The maximum absolute atomic E-state index is 13.1. The monoisotopic (exact) mass is 372 g/mol. The Morgan fingerprint density at radius 1 is 1.24 bits per heavy atom. The third kappa shape index (κ3) is 3.39. The van der Waals surface area contributed by atoms with Gasteiger partial charge in [-0.25, -0.2) is 14.2 Å². The molecule has 3 rings (SSSR count). The molecule has 0 bridgehead atoms. The zero-order valence-electron chi connectivity index (χ0n) is 13.1. The number of nitrogens with one attached hydrogen (secondary N) is 1. The number of benzene rings is 1. The molecule has 3 aromatic rings. The summed E-state index contributed by atoms with van der Waals surface area (Å²) in [5.74, 6) is -0.432. The van der Waals surface area contributed by atoms with E-state index in [2.05, 4.69) is 15.1 Å². The van der Waals surface area contributed by atoms with Crippen LogP contribution in [-0.4, -0.2) is 31.0 Å². The molecule has 2 heterocycles. The van der Waals surface area contributed by atoms with E-state index in [4.69, 9.17) is 0 Å². The van der Waals surface area contributed by atoms with Crippen LogP contribution in [-0.2, 0) is 0 Å². The molecule has 0 aliphatic carbocycles. The van der Waals surface area contributed by atoms with Crippen LogP contribution in [0.3, 0.4) is 0 Å². The molecule has 0 fully saturated rings. The number of aryl methyl sites for hydroxylation is 1. The van der Waals surface area contributed by atoms with Crippen LogP contribution in [0.25, 0.3) is 16.8 Å². The molecular weight excluding hydrogens is 360 g/mol. The minimum atomic E-state index is -4.43. The molecule has 5 nitrogen and oxygen atoms in total. The van der Waals surface area contributed by atoms with Crippen molar-refractivity contribution in [3.8, 4) is 11.1 Å². The van der Waals surface area contributed by atoms with Crippen LogP contribution in [0, 0.1) is 12.7 Å². The maximum atomic E-state index is 13.1. The molecule has 1 atom stereocenters. The normalized spacial score (nSPS) is 13.4. The summed E-state index contributed by atoms with van der Waals surface area (Å²) in [4.78, 5) is 18.5. The van der Waals surface area contributed by atoms with Crippen LogP contribution in [0.1, 0.15) is 12.6 Å². The summed E-state index contributed by atoms with van der Waals surface area (Å²) in [5, 5.41) is 2.16. The summed E-state index contributed by atoms with van der Waals surface area (Å²) in [5.41, 5.74) is 0.901. The smallest absolute Gasteiger partial charge is 0.285 e. The summed E-state index contributed by atoms with van der Waals surface area (Å²) < 4.78 is 52.3. The second-order valence-corrected chi connectivity index (χ2v) is 6.68. The van der Waals surface area contributed by atoms with E-state index in [-0.39, 0.29) is 10.8 Å². The molecule has 0 saturated carbocycles. The SMILES string of the molecule is Cc1nn2c(=O)[nH]c(SC(C)C(F)(F)F)nc2c1-c1ccc(F)cc1. The van der Waals surface area contributed by atoms with Gasteiger partial charge < -0.3 is 0 Å². The number of fused-ring (bicyclic) bond motifs is 1. The first kappa shape index (κ1) is 17.5. The Morgan fingerprint density at radius 3 is 2.48 bits per heavy atom. The number of alkyl halides is 3. The average molecular weight is 372 g/mol. The largest absolute Gasteiger partial charge is 0.400 e. The lowest BCUT2D eigenvalue weighted by Gasteiger charge is -2.13. The number of aromatic amines is 1. The van der Waals surface area contributed by atoms with Gasteiger partial charge in [0, 0.05) is 5.56 Å². The minimum Gasteiger partial charge on any atom is -0.285 e. The summed E-state index contributed by atoms with van der Waals surface area (Å²) in [7, 11) is 0. The molecule has 1 aromatic carbocycles. The van der Waals surface area contributed by atoms with E-state index < -0.39 is 22.9 Å². The number of rotatable bonds is 3.